The molecule has 1 aromatic rings. The standard InChI is InChI=1S/C22H32N4O2.2ClH/c23-15-18-6-3-8-19(18)22(28)25-13-11-24(12-14-25)16-21(27)26-10-4-7-17-5-1-2-9-20(17)26;;/h1-2,5,9,18-19H,3-4,6-8,10-16,23H2;2*1H/t18-,19-;;/m1../s1. The molecule has 8 heteroatoms. The van der Waals surface area contributed by atoms with Crippen LogP contribution in [0.2, 0.25) is 0 Å². The summed E-state index contributed by atoms with van der Waals surface area (Å²) in [5.41, 5.74) is 8.19. The third-order valence-electron chi connectivity index (χ3n) is 6.73. The number of rotatable bonds is 4. The lowest BCUT2D eigenvalue weighted by Crippen LogP contribution is -2.53. The lowest BCUT2D eigenvalue weighted by atomic mass is 9.94. The van der Waals surface area contributed by atoms with Crippen molar-refractivity contribution in [1.29, 1.82) is 0 Å². The van der Waals surface area contributed by atoms with Gasteiger partial charge in [-0.05, 0) is 49.8 Å². The minimum atomic E-state index is 0. The molecule has 168 valence electrons. The molecule has 0 spiro atoms. The Morgan fingerprint density at radius 2 is 1.70 bits per heavy atom. The van der Waals surface area contributed by atoms with Gasteiger partial charge in [0.05, 0.1) is 6.54 Å². The van der Waals surface area contributed by atoms with Crippen molar-refractivity contribution >= 4 is 42.3 Å². The average molecular weight is 457 g/mol. The lowest BCUT2D eigenvalue weighted by Gasteiger charge is -2.37. The summed E-state index contributed by atoms with van der Waals surface area (Å²) in [6.45, 7) is 4.83. The summed E-state index contributed by atoms with van der Waals surface area (Å²) in [4.78, 5) is 31.9. The van der Waals surface area contributed by atoms with E-state index >= 15 is 0 Å². The summed E-state index contributed by atoms with van der Waals surface area (Å²) in [6.07, 6.45) is 5.25. The summed E-state index contributed by atoms with van der Waals surface area (Å²) in [5.74, 6) is 0.920. The van der Waals surface area contributed by atoms with E-state index in [1.165, 1.54) is 5.56 Å². The van der Waals surface area contributed by atoms with Crippen LogP contribution >= 0.6 is 24.8 Å². The van der Waals surface area contributed by atoms with Crippen molar-refractivity contribution in [2.45, 2.75) is 32.1 Å². The van der Waals surface area contributed by atoms with E-state index in [0.717, 1.165) is 70.5 Å². The first-order chi connectivity index (χ1) is 13.7. The molecule has 2 aliphatic heterocycles. The predicted molar refractivity (Wildman–Crippen MR) is 125 cm³/mol. The molecule has 2 heterocycles. The van der Waals surface area contributed by atoms with Gasteiger partial charge in [-0.3, -0.25) is 14.5 Å². The second-order valence-electron chi connectivity index (χ2n) is 8.41. The van der Waals surface area contributed by atoms with Gasteiger partial charge in [-0.15, -0.1) is 24.8 Å². The van der Waals surface area contributed by atoms with Crippen LogP contribution in [0.3, 0.4) is 0 Å². The minimum absolute atomic E-state index is 0. The normalized spacial score (nSPS) is 23.9. The van der Waals surface area contributed by atoms with E-state index in [9.17, 15) is 9.59 Å². The van der Waals surface area contributed by atoms with Gasteiger partial charge in [0, 0.05) is 44.3 Å². The molecule has 0 bridgehead atoms. The number of hydrogen-bond acceptors (Lipinski definition) is 4. The van der Waals surface area contributed by atoms with Crippen LogP contribution in [0, 0.1) is 11.8 Å². The Kier molecular flexibility index (Phi) is 9.41. The van der Waals surface area contributed by atoms with Gasteiger partial charge in [-0.25, -0.2) is 0 Å². The second-order valence-corrected chi connectivity index (χ2v) is 8.41. The Morgan fingerprint density at radius 1 is 0.967 bits per heavy atom. The Hall–Kier alpha value is -1.34. The van der Waals surface area contributed by atoms with Crippen LogP contribution in [-0.4, -0.2) is 67.4 Å². The molecule has 1 aliphatic carbocycles. The number of carbonyl (C=O) groups excluding carboxylic acids is 2. The molecule has 4 rings (SSSR count). The number of hydrogen-bond donors (Lipinski definition) is 1. The summed E-state index contributed by atoms with van der Waals surface area (Å²) in [5, 5.41) is 0. The molecule has 0 aromatic heterocycles. The summed E-state index contributed by atoms with van der Waals surface area (Å²) in [7, 11) is 0. The molecule has 1 aromatic carbocycles. The molecule has 30 heavy (non-hydrogen) atoms. The highest BCUT2D eigenvalue weighted by Crippen LogP contribution is 2.32. The van der Waals surface area contributed by atoms with Crippen molar-refractivity contribution in [3.63, 3.8) is 0 Å². The Balaban J connectivity index is 0.00000160. The zero-order valence-corrected chi connectivity index (χ0v) is 19.1. The zero-order chi connectivity index (χ0) is 19.5. The van der Waals surface area contributed by atoms with Gasteiger partial charge in [0.1, 0.15) is 0 Å². The Labute approximate surface area is 192 Å². The van der Waals surface area contributed by atoms with E-state index in [2.05, 4.69) is 17.0 Å². The molecule has 0 unspecified atom stereocenters. The number of halogens is 2. The first kappa shape index (κ1) is 24.9. The molecule has 0 radical (unpaired) electrons. The number of piperazine rings is 1. The van der Waals surface area contributed by atoms with Gasteiger partial charge in [-0.1, -0.05) is 24.6 Å². The second kappa shape index (κ2) is 11.3. The molecule has 2 atom stereocenters. The molecule has 1 saturated heterocycles. The largest absolute Gasteiger partial charge is 0.340 e. The maximum atomic E-state index is 12.9. The average Bonchev–Trinajstić information content (AvgIpc) is 3.22. The number of aryl methyl sites for hydroxylation is 1. The SMILES string of the molecule is Cl.Cl.NC[C@H]1CCC[C@H]1C(=O)N1CCN(CC(=O)N2CCCc3ccccc32)CC1. The first-order valence-corrected chi connectivity index (χ1v) is 10.8. The van der Waals surface area contributed by atoms with Gasteiger partial charge < -0.3 is 15.5 Å². The highest BCUT2D eigenvalue weighted by atomic mass is 35.5. The summed E-state index contributed by atoms with van der Waals surface area (Å²) in [6, 6.07) is 8.23. The fourth-order valence-corrected chi connectivity index (χ4v) is 5.07. The van der Waals surface area contributed by atoms with Gasteiger partial charge in [-0.2, -0.15) is 0 Å². The monoisotopic (exact) mass is 456 g/mol. The van der Waals surface area contributed by atoms with E-state index in [1.54, 1.807) is 0 Å². The summed E-state index contributed by atoms with van der Waals surface area (Å²) < 4.78 is 0. The number of nitrogens with zero attached hydrogens (tertiary/aromatic N) is 3. The van der Waals surface area contributed by atoms with Crippen LogP contribution in [0.25, 0.3) is 0 Å². The molecular weight excluding hydrogens is 423 g/mol. The molecule has 3 aliphatic rings. The number of carbonyl (C=O) groups is 2. The maximum absolute atomic E-state index is 12.9. The van der Waals surface area contributed by atoms with Crippen LogP contribution in [-0.2, 0) is 16.0 Å². The van der Waals surface area contributed by atoms with Crippen molar-refractivity contribution in [2.24, 2.45) is 17.6 Å². The lowest BCUT2D eigenvalue weighted by molar-refractivity contribution is -0.138. The molecular formula is C22H34Cl2N4O2. The zero-order valence-electron chi connectivity index (χ0n) is 17.5. The fraction of sp³-hybridized carbons (Fsp3) is 0.636. The number of para-hydroxylation sites is 1. The van der Waals surface area contributed by atoms with Crippen LogP contribution in [0.15, 0.2) is 24.3 Å². The summed E-state index contributed by atoms with van der Waals surface area (Å²) >= 11 is 0. The molecule has 2 N–H and O–H groups in total. The van der Waals surface area contributed by atoms with E-state index in [0.29, 0.717) is 19.0 Å². The van der Waals surface area contributed by atoms with Crippen LogP contribution in [0.5, 0.6) is 0 Å². The smallest absolute Gasteiger partial charge is 0.241 e. The third-order valence-corrected chi connectivity index (χ3v) is 6.73. The predicted octanol–water partition coefficient (Wildman–Crippen LogP) is 2.33. The highest BCUT2D eigenvalue weighted by Gasteiger charge is 2.36. The fourth-order valence-electron chi connectivity index (χ4n) is 5.07. The number of nitrogens with two attached hydrogens (primary N) is 1. The number of amides is 2. The number of anilines is 1. The van der Waals surface area contributed by atoms with Gasteiger partial charge in [0.15, 0.2) is 0 Å². The van der Waals surface area contributed by atoms with E-state index < -0.39 is 0 Å². The quantitative estimate of drug-likeness (QED) is 0.754. The topological polar surface area (TPSA) is 69.9 Å². The van der Waals surface area contributed by atoms with Crippen molar-refractivity contribution in [3.05, 3.63) is 29.8 Å². The van der Waals surface area contributed by atoms with Gasteiger partial charge >= 0.3 is 0 Å². The van der Waals surface area contributed by atoms with Crippen molar-refractivity contribution < 1.29 is 9.59 Å². The van der Waals surface area contributed by atoms with E-state index in [4.69, 9.17) is 5.73 Å². The van der Waals surface area contributed by atoms with Crippen LogP contribution < -0.4 is 10.6 Å². The van der Waals surface area contributed by atoms with Crippen molar-refractivity contribution in [1.82, 2.24) is 9.80 Å². The number of benzene rings is 1. The Bertz CT molecular complexity index is 725. The highest BCUT2D eigenvalue weighted by molar-refractivity contribution is 5.96. The van der Waals surface area contributed by atoms with Gasteiger partial charge in [0.25, 0.3) is 0 Å². The van der Waals surface area contributed by atoms with Crippen LogP contribution in [0.1, 0.15) is 31.2 Å². The maximum Gasteiger partial charge on any atom is 0.241 e. The van der Waals surface area contributed by atoms with Crippen molar-refractivity contribution in [3.8, 4) is 0 Å². The third kappa shape index (κ3) is 5.28. The molecule has 6 nitrogen and oxygen atoms in total. The minimum Gasteiger partial charge on any atom is -0.340 e. The molecule has 1 saturated carbocycles. The van der Waals surface area contributed by atoms with Crippen LogP contribution in [0.4, 0.5) is 5.69 Å². The Morgan fingerprint density at radius 3 is 2.43 bits per heavy atom. The molecule has 2 amide bonds. The first-order valence-electron chi connectivity index (χ1n) is 10.8. The molecule has 2 fully saturated rings. The van der Waals surface area contributed by atoms with Gasteiger partial charge in [0.2, 0.25) is 11.8 Å². The van der Waals surface area contributed by atoms with E-state index in [-0.39, 0.29) is 42.5 Å². The van der Waals surface area contributed by atoms with Crippen molar-refractivity contribution in [2.75, 3.05) is 50.7 Å². The van der Waals surface area contributed by atoms with E-state index in [1.807, 2.05) is 21.9 Å². The number of fused-ring (bicyclic) bond motifs is 1.